The van der Waals surface area contributed by atoms with Gasteiger partial charge in [0.1, 0.15) is 17.2 Å². The Labute approximate surface area is 187 Å². The van der Waals surface area contributed by atoms with Crippen molar-refractivity contribution in [3.05, 3.63) is 78.4 Å². The molecule has 3 aromatic carbocycles. The number of hydrogen-bond acceptors (Lipinski definition) is 4. The van der Waals surface area contributed by atoms with Gasteiger partial charge in [-0.15, -0.1) is 0 Å². The third kappa shape index (κ3) is 4.91. The number of para-hydroxylation sites is 1. The summed E-state index contributed by atoms with van der Waals surface area (Å²) in [7, 11) is 0. The lowest BCUT2D eigenvalue weighted by Crippen LogP contribution is -2.24. The molecular weight excluding hydrogens is 406 g/mol. The van der Waals surface area contributed by atoms with E-state index in [0.717, 1.165) is 18.6 Å². The van der Waals surface area contributed by atoms with E-state index in [0.29, 0.717) is 29.0 Å². The number of carbonyl (C=O) groups excluding carboxylic acids is 1. The highest BCUT2D eigenvalue weighted by atomic mass is 16.5. The molecule has 1 aliphatic carbocycles. The van der Waals surface area contributed by atoms with E-state index in [1.807, 2.05) is 24.3 Å². The highest BCUT2D eigenvalue weighted by Crippen LogP contribution is 2.32. The third-order valence-corrected chi connectivity index (χ3v) is 5.45. The van der Waals surface area contributed by atoms with Crippen LogP contribution in [-0.4, -0.2) is 23.1 Å². The van der Waals surface area contributed by atoms with E-state index < -0.39 is 5.97 Å². The van der Waals surface area contributed by atoms with Gasteiger partial charge >= 0.3 is 5.97 Å². The van der Waals surface area contributed by atoms with Crippen LogP contribution in [0.3, 0.4) is 0 Å². The zero-order chi connectivity index (χ0) is 22.5. The number of anilines is 2. The molecule has 0 heterocycles. The molecule has 4 rings (SSSR count). The molecule has 1 fully saturated rings. The molecule has 0 bridgehead atoms. The van der Waals surface area contributed by atoms with Crippen LogP contribution in [0.25, 0.3) is 0 Å². The molecule has 1 saturated carbocycles. The molecule has 1 N–H and O–H groups in total. The summed E-state index contributed by atoms with van der Waals surface area (Å²) >= 11 is 0. The van der Waals surface area contributed by atoms with Gasteiger partial charge in [-0.25, -0.2) is 4.79 Å². The van der Waals surface area contributed by atoms with Gasteiger partial charge in [-0.1, -0.05) is 12.1 Å². The van der Waals surface area contributed by atoms with E-state index in [9.17, 15) is 14.7 Å². The second-order valence-electron chi connectivity index (χ2n) is 7.77. The minimum atomic E-state index is -1.09. The number of benzene rings is 3. The Morgan fingerprint density at radius 3 is 2.00 bits per heavy atom. The minimum Gasteiger partial charge on any atom is -0.490 e. The molecule has 0 spiro atoms. The standard InChI is InChI=1S/C26H25NO5/c1-18(28)27(25-9-5-4-8-24(25)26(29)30)19-10-12-21(13-11-19)32-23-16-14-22(15-17-23)31-20-6-2-3-7-20/h4-5,8-17,20H,2-3,6-7H2,1H3,(H,29,30). The van der Waals surface area contributed by atoms with Crippen LogP contribution in [0.4, 0.5) is 11.4 Å². The van der Waals surface area contributed by atoms with E-state index in [4.69, 9.17) is 9.47 Å². The van der Waals surface area contributed by atoms with Crippen LogP contribution in [-0.2, 0) is 4.79 Å². The lowest BCUT2D eigenvalue weighted by atomic mass is 10.1. The van der Waals surface area contributed by atoms with Crippen molar-refractivity contribution >= 4 is 23.3 Å². The Balaban J connectivity index is 1.48. The van der Waals surface area contributed by atoms with Crippen LogP contribution < -0.4 is 14.4 Å². The summed E-state index contributed by atoms with van der Waals surface area (Å²) in [4.78, 5) is 25.3. The van der Waals surface area contributed by atoms with Crippen molar-refractivity contribution in [3.8, 4) is 17.2 Å². The summed E-state index contributed by atoms with van der Waals surface area (Å²) in [6.45, 7) is 1.40. The van der Waals surface area contributed by atoms with Gasteiger partial charge in [0.15, 0.2) is 0 Å². The predicted molar refractivity (Wildman–Crippen MR) is 122 cm³/mol. The first-order chi connectivity index (χ1) is 15.5. The van der Waals surface area contributed by atoms with E-state index >= 15 is 0 Å². The number of amides is 1. The van der Waals surface area contributed by atoms with Crippen LogP contribution in [0.15, 0.2) is 72.8 Å². The van der Waals surface area contributed by atoms with Crippen molar-refractivity contribution in [2.24, 2.45) is 0 Å². The number of ether oxygens (including phenoxy) is 2. The maximum Gasteiger partial charge on any atom is 0.337 e. The van der Waals surface area contributed by atoms with Crippen molar-refractivity contribution in [3.63, 3.8) is 0 Å². The maximum atomic E-state index is 12.3. The molecule has 0 aromatic heterocycles. The van der Waals surface area contributed by atoms with Gasteiger partial charge < -0.3 is 14.6 Å². The molecule has 0 atom stereocenters. The smallest absolute Gasteiger partial charge is 0.337 e. The van der Waals surface area contributed by atoms with Crippen LogP contribution >= 0.6 is 0 Å². The van der Waals surface area contributed by atoms with E-state index in [2.05, 4.69) is 0 Å². The van der Waals surface area contributed by atoms with Gasteiger partial charge in [0.2, 0.25) is 5.91 Å². The Kier molecular flexibility index (Phi) is 6.40. The highest BCUT2D eigenvalue weighted by Gasteiger charge is 2.20. The van der Waals surface area contributed by atoms with E-state index in [1.165, 1.54) is 30.7 Å². The topological polar surface area (TPSA) is 76.1 Å². The molecule has 0 radical (unpaired) electrons. The molecule has 6 nitrogen and oxygen atoms in total. The zero-order valence-corrected chi connectivity index (χ0v) is 17.9. The number of carbonyl (C=O) groups is 2. The molecule has 1 amide bonds. The van der Waals surface area contributed by atoms with Crippen molar-refractivity contribution in [2.75, 3.05) is 4.90 Å². The highest BCUT2D eigenvalue weighted by molar-refractivity contribution is 6.05. The van der Waals surface area contributed by atoms with Crippen molar-refractivity contribution in [1.82, 2.24) is 0 Å². The number of aromatic carboxylic acids is 1. The Bertz CT molecular complexity index is 1090. The Morgan fingerprint density at radius 1 is 0.844 bits per heavy atom. The fourth-order valence-electron chi connectivity index (χ4n) is 3.92. The zero-order valence-electron chi connectivity index (χ0n) is 17.9. The second kappa shape index (κ2) is 9.56. The van der Waals surface area contributed by atoms with Gasteiger partial charge in [-0.3, -0.25) is 9.69 Å². The minimum absolute atomic E-state index is 0.0583. The van der Waals surface area contributed by atoms with Crippen LogP contribution in [0.5, 0.6) is 17.2 Å². The Morgan fingerprint density at radius 2 is 1.41 bits per heavy atom. The molecular formula is C26H25NO5. The average Bonchev–Trinajstić information content (AvgIpc) is 3.29. The molecule has 6 heteroatoms. The largest absolute Gasteiger partial charge is 0.490 e. The Hall–Kier alpha value is -3.80. The predicted octanol–water partition coefficient (Wildman–Crippen LogP) is 6.18. The summed E-state index contributed by atoms with van der Waals surface area (Å²) in [6.07, 6.45) is 4.98. The fourth-order valence-corrected chi connectivity index (χ4v) is 3.92. The molecule has 32 heavy (non-hydrogen) atoms. The van der Waals surface area contributed by atoms with Crippen molar-refractivity contribution < 1.29 is 24.2 Å². The molecule has 0 unspecified atom stereocenters. The molecule has 1 aliphatic rings. The van der Waals surface area contributed by atoms with Crippen molar-refractivity contribution in [1.29, 1.82) is 0 Å². The van der Waals surface area contributed by atoms with Crippen molar-refractivity contribution in [2.45, 2.75) is 38.7 Å². The lowest BCUT2D eigenvalue weighted by Gasteiger charge is -2.23. The monoisotopic (exact) mass is 431 g/mol. The summed E-state index contributed by atoms with van der Waals surface area (Å²) in [5.41, 5.74) is 0.931. The number of hydrogen-bond donors (Lipinski definition) is 1. The van der Waals surface area contributed by atoms with E-state index in [1.54, 1.807) is 42.5 Å². The maximum absolute atomic E-state index is 12.3. The summed E-state index contributed by atoms with van der Waals surface area (Å²) < 4.78 is 11.9. The molecule has 3 aromatic rings. The van der Waals surface area contributed by atoms with E-state index in [-0.39, 0.29) is 11.5 Å². The first-order valence-corrected chi connectivity index (χ1v) is 10.7. The summed E-state index contributed by atoms with van der Waals surface area (Å²) in [5.74, 6) is 0.746. The summed E-state index contributed by atoms with van der Waals surface area (Å²) in [5, 5.41) is 9.48. The normalized spacial score (nSPS) is 13.5. The lowest BCUT2D eigenvalue weighted by molar-refractivity contribution is -0.115. The molecule has 0 aliphatic heterocycles. The number of carboxylic acids is 1. The summed E-state index contributed by atoms with van der Waals surface area (Å²) in [6, 6.07) is 20.9. The quantitative estimate of drug-likeness (QED) is 0.483. The first kappa shape index (κ1) is 21.4. The second-order valence-corrected chi connectivity index (χ2v) is 7.77. The van der Waals surface area contributed by atoms with Crippen LogP contribution in [0.2, 0.25) is 0 Å². The number of carboxylic acid groups (broad SMARTS) is 1. The first-order valence-electron chi connectivity index (χ1n) is 10.7. The third-order valence-electron chi connectivity index (χ3n) is 5.45. The number of nitrogens with zero attached hydrogens (tertiary/aromatic N) is 1. The molecule has 164 valence electrons. The van der Waals surface area contributed by atoms with Gasteiger partial charge in [0, 0.05) is 12.6 Å². The average molecular weight is 431 g/mol. The van der Waals surface area contributed by atoms with Gasteiger partial charge in [-0.05, 0) is 86.3 Å². The number of rotatable bonds is 7. The molecule has 0 saturated heterocycles. The van der Waals surface area contributed by atoms with Gasteiger partial charge in [0.05, 0.1) is 17.4 Å². The fraction of sp³-hybridized carbons (Fsp3) is 0.231. The van der Waals surface area contributed by atoms with Gasteiger partial charge in [-0.2, -0.15) is 0 Å². The SMILES string of the molecule is CC(=O)N(c1ccc(Oc2ccc(OC3CCCC3)cc2)cc1)c1ccccc1C(=O)O. The van der Waals surface area contributed by atoms with Crippen LogP contribution in [0, 0.1) is 0 Å². The van der Waals surface area contributed by atoms with Gasteiger partial charge in [0.25, 0.3) is 0 Å². The van der Waals surface area contributed by atoms with Crippen LogP contribution in [0.1, 0.15) is 43.0 Å².